The van der Waals surface area contributed by atoms with Crippen molar-refractivity contribution in [2.24, 2.45) is 4.99 Å². The van der Waals surface area contributed by atoms with E-state index in [0.717, 1.165) is 10.0 Å². The van der Waals surface area contributed by atoms with Gasteiger partial charge in [-0.1, -0.05) is 22.0 Å². The Hall–Kier alpha value is -2.62. The van der Waals surface area contributed by atoms with Gasteiger partial charge < -0.3 is 14.4 Å². The number of likely N-dealkylation sites (N-methyl/N-ethyl adjacent to an activating group) is 1. The van der Waals surface area contributed by atoms with Crippen LogP contribution in [0, 0.1) is 0 Å². The number of rotatable bonds is 5. The summed E-state index contributed by atoms with van der Waals surface area (Å²) in [5.74, 6) is 0.538. The van der Waals surface area contributed by atoms with Crippen molar-refractivity contribution in [1.29, 1.82) is 0 Å². The van der Waals surface area contributed by atoms with Gasteiger partial charge in [0.25, 0.3) is 11.8 Å². The highest BCUT2D eigenvalue weighted by atomic mass is 79.9. The molecule has 0 N–H and O–H groups in total. The molecule has 2 aromatic carbocycles. The highest BCUT2D eigenvalue weighted by Crippen LogP contribution is 2.36. The summed E-state index contributed by atoms with van der Waals surface area (Å²) in [6.45, 7) is 4.67. The normalized spacial score (nSPS) is 18.9. The van der Waals surface area contributed by atoms with Crippen molar-refractivity contribution in [3.8, 4) is 5.75 Å². The van der Waals surface area contributed by atoms with Crippen molar-refractivity contribution in [3.63, 3.8) is 0 Å². The van der Waals surface area contributed by atoms with E-state index >= 15 is 0 Å². The predicted octanol–water partition coefficient (Wildman–Crippen LogP) is 4.55. The summed E-state index contributed by atoms with van der Waals surface area (Å²) >= 11 is 4.78. The van der Waals surface area contributed by atoms with Crippen molar-refractivity contribution in [3.05, 3.63) is 63.0 Å². The SMILES string of the molecule is CCN1C(=O)/C(=C\c2cc(Br)ccc2OC)SC1=Nc1cccc(C(=O)N2CCOCC2)c1. The summed E-state index contributed by atoms with van der Waals surface area (Å²) < 4.78 is 11.7. The molecule has 0 aromatic heterocycles. The summed E-state index contributed by atoms with van der Waals surface area (Å²) in [6, 6.07) is 12.9. The van der Waals surface area contributed by atoms with Crippen LogP contribution in [0.2, 0.25) is 0 Å². The number of hydrogen-bond acceptors (Lipinski definition) is 6. The van der Waals surface area contributed by atoms with E-state index in [4.69, 9.17) is 14.5 Å². The minimum atomic E-state index is -0.108. The van der Waals surface area contributed by atoms with Gasteiger partial charge in [-0.15, -0.1) is 0 Å². The van der Waals surface area contributed by atoms with Crippen LogP contribution in [0.25, 0.3) is 6.08 Å². The van der Waals surface area contributed by atoms with Gasteiger partial charge in [-0.25, -0.2) is 4.99 Å². The van der Waals surface area contributed by atoms with Gasteiger partial charge >= 0.3 is 0 Å². The van der Waals surface area contributed by atoms with Crippen LogP contribution >= 0.6 is 27.7 Å². The quantitative estimate of drug-likeness (QED) is 0.531. The summed E-state index contributed by atoms with van der Waals surface area (Å²) in [6.07, 6.45) is 1.82. The van der Waals surface area contributed by atoms with Gasteiger partial charge in [0.2, 0.25) is 0 Å². The standard InChI is InChI=1S/C24H24BrN3O4S/c1-3-28-23(30)21(15-17-13-18(25)7-8-20(17)31-2)33-24(28)26-19-6-4-5-16(14-19)22(29)27-9-11-32-12-10-27/h4-8,13-15H,3,9-12H2,1-2H3/b21-15+,26-24?. The molecule has 0 aliphatic carbocycles. The minimum absolute atomic E-state index is 0.0369. The molecule has 2 amide bonds. The summed E-state index contributed by atoms with van der Waals surface area (Å²) in [4.78, 5) is 34.6. The van der Waals surface area contributed by atoms with Crippen LogP contribution in [-0.2, 0) is 9.53 Å². The number of hydrogen-bond donors (Lipinski definition) is 0. The van der Waals surface area contributed by atoms with Crippen molar-refractivity contribution < 1.29 is 19.1 Å². The number of thioether (sulfide) groups is 1. The number of carbonyl (C=O) groups excluding carboxylic acids is 2. The highest BCUT2D eigenvalue weighted by Gasteiger charge is 2.32. The van der Waals surface area contributed by atoms with Crippen LogP contribution < -0.4 is 4.74 Å². The maximum absolute atomic E-state index is 13.0. The molecule has 0 bridgehead atoms. The number of ether oxygens (including phenoxy) is 2. The minimum Gasteiger partial charge on any atom is -0.496 e. The van der Waals surface area contributed by atoms with E-state index < -0.39 is 0 Å². The maximum Gasteiger partial charge on any atom is 0.266 e. The van der Waals surface area contributed by atoms with Crippen LogP contribution in [0.15, 0.2) is 56.8 Å². The fourth-order valence-corrected chi connectivity index (χ4v) is 5.03. The molecule has 4 rings (SSSR count). The topological polar surface area (TPSA) is 71.4 Å². The summed E-state index contributed by atoms with van der Waals surface area (Å²) in [5.41, 5.74) is 2.01. The Kier molecular flexibility index (Phi) is 7.52. The Labute approximate surface area is 205 Å². The Morgan fingerprint density at radius 2 is 2.03 bits per heavy atom. The largest absolute Gasteiger partial charge is 0.496 e. The number of halogens is 1. The molecule has 0 atom stereocenters. The van der Waals surface area contributed by atoms with Crippen LogP contribution in [-0.4, -0.2) is 66.7 Å². The van der Waals surface area contributed by atoms with Gasteiger partial charge in [0.15, 0.2) is 5.17 Å². The third-order valence-corrected chi connectivity index (χ3v) is 6.80. The molecule has 2 fully saturated rings. The molecule has 0 spiro atoms. The lowest BCUT2D eigenvalue weighted by atomic mass is 10.1. The first-order valence-electron chi connectivity index (χ1n) is 10.6. The van der Waals surface area contributed by atoms with Gasteiger partial charge in [0.05, 0.1) is 30.9 Å². The van der Waals surface area contributed by atoms with Crippen molar-refractivity contribution in [1.82, 2.24) is 9.80 Å². The number of benzene rings is 2. The molecule has 2 aromatic rings. The van der Waals surface area contributed by atoms with Crippen LogP contribution in [0.3, 0.4) is 0 Å². The Bertz CT molecular complexity index is 1130. The maximum atomic E-state index is 13.0. The molecular weight excluding hydrogens is 506 g/mol. The zero-order chi connectivity index (χ0) is 23.4. The average Bonchev–Trinajstić information content (AvgIpc) is 3.13. The summed E-state index contributed by atoms with van der Waals surface area (Å²) in [5, 5.41) is 0.582. The van der Waals surface area contributed by atoms with Gasteiger partial charge in [0, 0.05) is 35.2 Å². The Morgan fingerprint density at radius 3 is 2.76 bits per heavy atom. The molecule has 7 nitrogen and oxygen atoms in total. The number of carbonyl (C=O) groups is 2. The van der Waals surface area contributed by atoms with E-state index in [-0.39, 0.29) is 11.8 Å². The molecule has 9 heteroatoms. The second-order valence-corrected chi connectivity index (χ2v) is 9.32. The first-order chi connectivity index (χ1) is 16.0. The van der Waals surface area contributed by atoms with Crippen molar-refractivity contribution in [2.75, 3.05) is 40.0 Å². The van der Waals surface area contributed by atoms with Gasteiger partial charge in [0.1, 0.15) is 5.75 Å². The number of nitrogens with zero attached hydrogens (tertiary/aromatic N) is 3. The van der Waals surface area contributed by atoms with E-state index in [0.29, 0.717) is 59.9 Å². The van der Waals surface area contributed by atoms with E-state index in [9.17, 15) is 9.59 Å². The first-order valence-corrected chi connectivity index (χ1v) is 12.2. The molecule has 0 radical (unpaired) electrons. The predicted molar refractivity (Wildman–Crippen MR) is 134 cm³/mol. The van der Waals surface area contributed by atoms with E-state index in [1.165, 1.54) is 11.8 Å². The van der Waals surface area contributed by atoms with E-state index in [2.05, 4.69) is 15.9 Å². The second kappa shape index (κ2) is 10.5. The monoisotopic (exact) mass is 529 g/mol. The van der Waals surface area contributed by atoms with E-state index in [1.54, 1.807) is 29.0 Å². The molecule has 33 heavy (non-hydrogen) atoms. The Morgan fingerprint density at radius 1 is 1.24 bits per heavy atom. The first kappa shape index (κ1) is 23.5. The fourth-order valence-electron chi connectivity index (χ4n) is 3.60. The third-order valence-electron chi connectivity index (χ3n) is 5.30. The van der Waals surface area contributed by atoms with Crippen molar-refractivity contribution in [2.45, 2.75) is 6.92 Å². The van der Waals surface area contributed by atoms with Gasteiger partial charge in [-0.3, -0.25) is 14.5 Å². The van der Waals surface area contributed by atoms with Crippen molar-refractivity contribution >= 4 is 56.4 Å². The molecular formula is C24H24BrN3O4S. The molecule has 172 valence electrons. The van der Waals surface area contributed by atoms with Gasteiger partial charge in [-0.2, -0.15) is 0 Å². The molecule has 0 saturated carbocycles. The average molecular weight is 530 g/mol. The molecule has 2 aliphatic rings. The third kappa shape index (κ3) is 5.31. The lowest BCUT2D eigenvalue weighted by molar-refractivity contribution is -0.122. The zero-order valence-electron chi connectivity index (χ0n) is 18.4. The number of amidine groups is 1. The molecule has 2 aliphatic heterocycles. The lowest BCUT2D eigenvalue weighted by Crippen LogP contribution is -2.40. The number of amides is 2. The van der Waals surface area contributed by atoms with Crippen LogP contribution in [0.4, 0.5) is 5.69 Å². The zero-order valence-corrected chi connectivity index (χ0v) is 20.8. The smallest absolute Gasteiger partial charge is 0.266 e. The Balaban J connectivity index is 1.61. The molecule has 0 unspecified atom stereocenters. The molecule has 2 saturated heterocycles. The second-order valence-electron chi connectivity index (χ2n) is 7.40. The van der Waals surface area contributed by atoms with Gasteiger partial charge in [-0.05, 0) is 61.2 Å². The summed E-state index contributed by atoms with van der Waals surface area (Å²) in [7, 11) is 1.60. The highest BCUT2D eigenvalue weighted by molar-refractivity contribution is 9.10. The van der Waals surface area contributed by atoms with Crippen LogP contribution in [0.5, 0.6) is 5.75 Å². The number of methoxy groups -OCH3 is 1. The van der Waals surface area contributed by atoms with Crippen LogP contribution in [0.1, 0.15) is 22.8 Å². The number of aliphatic imine (C=N–C) groups is 1. The molecule has 2 heterocycles. The fraction of sp³-hybridized carbons (Fsp3) is 0.292. The lowest BCUT2D eigenvalue weighted by Gasteiger charge is -2.26. The van der Waals surface area contributed by atoms with E-state index in [1.807, 2.05) is 43.3 Å². The number of morpholine rings is 1.